The molecule has 3 atom stereocenters. The molecule has 1 heterocycles. The third-order valence-electron chi connectivity index (χ3n) is 4.90. The normalized spacial score (nSPS) is 31.8. The Kier molecular flexibility index (Phi) is 3.87. The average Bonchev–Trinajstić information content (AvgIpc) is 2.47. The number of nitrogens with zero attached hydrogens (tertiary/aromatic N) is 1. The highest BCUT2D eigenvalue weighted by Crippen LogP contribution is 2.40. The molecule has 1 saturated carbocycles. The van der Waals surface area contributed by atoms with Gasteiger partial charge < -0.3 is 0 Å². The Hall–Kier alpha value is -0.870. The molecule has 3 unspecified atom stereocenters. The maximum atomic E-state index is 13.0. The molecule has 1 aromatic carbocycles. The molecular weight excluding hydrogens is 270 g/mol. The van der Waals surface area contributed by atoms with Crippen molar-refractivity contribution in [2.75, 3.05) is 0 Å². The van der Waals surface area contributed by atoms with Gasteiger partial charge in [0.1, 0.15) is 0 Å². The Labute approximate surface area is 122 Å². The van der Waals surface area contributed by atoms with Gasteiger partial charge in [-0.15, -0.1) is 0 Å². The van der Waals surface area contributed by atoms with Crippen LogP contribution in [-0.2, 0) is 10.0 Å². The molecule has 3 nitrogen and oxygen atoms in total. The highest BCUT2D eigenvalue weighted by molar-refractivity contribution is 7.89. The van der Waals surface area contributed by atoms with Crippen molar-refractivity contribution < 1.29 is 8.42 Å². The van der Waals surface area contributed by atoms with E-state index in [0.717, 1.165) is 19.3 Å². The summed E-state index contributed by atoms with van der Waals surface area (Å²) in [5, 5.41) is 0. The first-order valence-electron chi connectivity index (χ1n) is 7.69. The summed E-state index contributed by atoms with van der Waals surface area (Å²) < 4.78 is 27.8. The van der Waals surface area contributed by atoms with Gasteiger partial charge in [0.2, 0.25) is 10.0 Å². The van der Waals surface area contributed by atoms with Crippen LogP contribution in [0.1, 0.15) is 45.4 Å². The quantitative estimate of drug-likeness (QED) is 0.838. The lowest BCUT2D eigenvalue weighted by Gasteiger charge is -2.46. The predicted octanol–water partition coefficient (Wildman–Crippen LogP) is 3.42. The molecule has 0 amide bonds. The van der Waals surface area contributed by atoms with Crippen LogP contribution in [-0.4, -0.2) is 24.8 Å². The fourth-order valence-corrected chi connectivity index (χ4v) is 5.86. The van der Waals surface area contributed by atoms with Gasteiger partial charge in [0.05, 0.1) is 4.90 Å². The van der Waals surface area contributed by atoms with Crippen molar-refractivity contribution in [3.8, 4) is 0 Å². The molecule has 110 valence electrons. The number of fused-ring (bicyclic) bond motifs is 1. The van der Waals surface area contributed by atoms with E-state index in [1.165, 1.54) is 19.3 Å². The highest BCUT2D eigenvalue weighted by Gasteiger charge is 2.43. The van der Waals surface area contributed by atoms with E-state index in [9.17, 15) is 8.42 Å². The van der Waals surface area contributed by atoms with Crippen molar-refractivity contribution >= 4 is 10.0 Å². The molecule has 1 aromatic rings. The van der Waals surface area contributed by atoms with E-state index in [0.29, 0.717) is 10.8 Å². The van der Waals surface area contributed by atoms with E-state index >= 15 is 0 Å². The molecule has 3 rings (SSSR count). The maximum Gasteiger partial charge on any atom is 0.243 e. The van der Waals surface area contributed by atoms with Crippen LogP contribution in [0.25, 0.3) is 0 Å². The topological polar surface area (TPSA) is 37.4 Å². The standard InChI is InChI=1S/C16H23NO2S/c1-13-11-12-14-7-5-6-10-16(14)17(13)20(18,19)15-8-3-2-4-9-15/h2-4,8-9,13-14,16H,5-7,10-12H2,1H3. The van der Waals surface area contributed by atoms with Gasteiger partial charge in [-0.25, -0.2) is 8.42 Å². The SMILES string of the molecule is CC1CCC2CCCCC2N1S(=O)(=O)c1ccccc1. The van der Waals surface area contributed by atoms with Crippen molar-refractivity contribution in [3.05, 3.63) is 30.3 Å². The summed E-state index contributed by atoms with van der Waals surface area (Å²) in [6.45, 7) is 2.06. The zero-order valence-corrected chi connectivity index (χ0v) is 12.8. The minimum atomic E-state index is -3.35. The molecular formula is C16H23NO2S. The van der Waals surface area contributed by atoms with Crippen LogP contribution in [0, 0.1) is 5.92 Å². The molecule has 20 heavy (non-hydrogen) atoms. The van der Waals surface area contributed by atoms with Crippen molar-refractivity contribution in [1.29, 1.82) is 0 Å². The first-order chi connectivity index (χ1) is 9.60. The molecule has 2 fully saturated rings. The summed E-state index contributed by atoms with van der Waals surface area (Å²) >= 11 is 0. The lowest BCUT2D eigenvalue weighted by Crippen LogP contribution is -2.53. The molecule has 1 aliphatic carbocycles. The van der Waals surface area contributed by atoms with E-state index in [1.54, 1.807) is 24.3 Å². The van der Waals surface area contributed by atoms with Crippen LogP contribution in [0.2, 0.25) is 0 Å². The minimum Gasteiger partial charge on any atom is -0.207 e. The van der Waals surface area contributed by atoms with Crippen LogP contribution in [0.5, 0.6) is 0 Å². The molecule has 2 aliphatic rings. The average molecular weight is 293 g/mol. The largest absolute Gasteiger partial charge is 0.243 e. The summed E-state index contributed by atoms with van der Waals surface area (Å²) in [7, 11) is -3.35. The first kappa shape index (κ1) is 14.1. The van der Waals surface area contributed by atoms with Gasteiger partial charge in [0, 0.05) is 12.1 Å². The van der Waals surface area contributed by atoms with E-state index in [-0.39, 0.29) is 12.1 Å². The van der Waals surface area contributed by atoms with Crippen LogP contribution in [0.4, 0.5) is 0 Å². The molecule has 1 aliphatic heterocycles. The summed E-state index contributed by atoms with van der Waals surface area (Å²) in [5.41, 5.74) is 0. The van der Waals surface area contributed by atoms with Crippen molar-refractivity contribution in [1.82, 2.24) is 4.31 Å². The van der Waals surface area contributed by atoms with Crippen molar-refractivity contribution in [3.63, 3.8) is 0 Å². The van der Waals surface area contributed by atoms with Crippen LogP contribution in [0.3, 0.4) is 0 Å². The number of sulfonamides is 1. The van der Waals surface area contributed by atoms with E-state index in [2.05, 4.69) is 6.92 Å². The third-order valence-corrected chi connectivity index (χ3v) is 6.96. The predicted molar refractivity (Wildman–Crippen MR) is 79.9 cm³/mol. The van der Waals surface area contributed by atoms with Crippen LogP contribution in [0.15, 0.2) is 35.2 Å². The number of hydrogen-bond acceptors (Lipinski definition) is 2. The molecule has 1 saturated heterocycles. The summed E-state index contributed by atoms with van der Waals surface area (Å²) in [6, 6.07) is 9.25. The molecule has 4 heteroatoms. The monoisotopic (exact) mass is 293 g/mol. The number of hydrogen-bond donors (Lipinski definition) is 0. The smallest absolute Gasteiger partial charge is 0.207 e. The summed E-state index contributed by atoms with van der Waals surface area (Å²) in [6.07, 6.45) is 6.82. The third kappa shape index (κ3) is 2.40. The minimum absolute atomic E-state index is 0.125. The zero-order valence-electron chi connectivity index (χ0n) is 12.0. The Balaban J connectivity index is 1.97. The van der Waals surface area contributed by atoms with E-state index in [1.807, 2.05) is 10.4 Å². The second kappa shape index (κ2) is 5.49. The number of rotatable bonds is 2. The molecule has 0 spiro atoms. The van der Waals surface area contributed by atoms with E-state index in [4.69, 9.17) is 0 Å². The van der Waals surface area contributed by atoms with Gasteiger partial charge in [0.25, 0.3) is 0 Å². The lowest BCUT2D eigenvalue weighted by molar-refractivity contribution is 0.0919. The number of benzene rings is 1. The summed E-state index contributed by atoms with van der Waals surface area (Å²) in [5.74, 6) is 0.568. The van der Waals surface area contributed by atoms with Gasteiger partial charge in [-0.1, -0.05) is 31.0 Å². The molecule has 0 bridgehead atoms. The van der Waals surface area contributed by atoms with Gasteiger partial charge >= 0.3 is 0 Å². The second-order valence-electron chi connectivity index (χ2n) is 6.19. The van der Waals surface area contributed by atoms with Crippen molar-refractivity contribution in [2.24, 2.45) is 5.92 Å². The Bertz CT molecular complexity index is 555. The van der Waals surface area contributed by atoms with Crippen molar-refractivity contribution in [2.45, 2.75) is 62.4 Å². The number of piperidine rings is 1. The highest BCUT2D eigenvalue weighted by atomic mass is 32.2. The van der Waals surface area contributed by atoms with E-state index < -0.39 is 10.0 Å². The maximum absolute atomic E-state index is 13.0. The van der Waals surface area contributed by atoms with Crippen LogP contribution >= 0.6 is 0 Å². The Morgan fingerprint density at radius 3 is 2.45 bits per heavy atom. The second-order valence-corrected chi connectivity index (χ2v) is 8.03. The Morgan fingerprint density at radius 1 is 1.00 bits per heavy atom. The molecule has 0 radical (unpaired) electrons. The van der Waals surface area contributed by atoms with Gasteiger partial charge in [-0.05, 0) is 50.7 Å². The summed E-state index contributed by atoms with van der Waals surface area (Å²) in [4.78, 5) is 0.443. The van der Waals surface area contributed by atoms with Gasteiger partial charge in [-0.2, -0.15) is 4.31 Å². The fourth-order valence-electron chi connectivity index (χ4n) is 3.90. The lowest BCUT2D eigenvalue weighted by atomic mass is 9.78. The zero-order chi connectivity index (χ0) is 14.2. The molecule has 0 N–H and O–H groups in total. The van der Waals surface area contributed by atoms with Gasteiger partial charge in [0.15, 0.2) is 0 Å². The van der Waals surface area contributed by atoms with Gasteiger partial charge in [-0.3, -0.25) is 0 Å². The molecule has 0 aromatic heterocycles. The first-order valence-corrected chi connectivity index (χ1v) is 9.13. The fraction of sp³-hybridized carbons (Fsp3) is 0.625. The van der Waals surface area contributed by atoms with Crippen LogP contribution < -0.4 is 0 Å². The Morgan fingerprint density at radius 2 is 1.70 bits per heavy atom.